The first-order valence-electron chi connectivity index (χ1n) is 2.86. The average Bonchev–Trinajstić information content (AvgIpc) is 1.88. The number of aliphatic carboxylic acids is 1. The Balaban J connectivity index is 4.54. The van der Waals surface area contributed by atoms with E-state index in [2.05, 4.69) is 10.0 Å². The molecule has 0 saturated carbocycles. The molecule has 0 amide bonds. The van der Waals surface area contributed by atoms with Gasteiger partial charge in [-0.15, -0.1) is 0 Å². The van der Waals surface area contributed by atoms with Gasteiger partial charge in [-0.2, -0.15) is 0 Å². The van der Waals surface area contributed by atoms with Crippen molar-refractivity contribution in [3.63, 3.8) is 0 Å². The maximum absolute atomic E-state index is 10.4. The lowest BCUT2D eigenvalue weighted by Crippen LogP contribution is -2.31. The van der Waals surface area contributed by atoms with E-state index in [1.807, 2.05) is 0 Å². The largest absolute Gasteiger partial charge is 0.481 e. The van der Waals surface area contributed by atoms with E-state index in [4.69, 9.17) is 10.6 Å². The van der Waals surface area contributed by atoms with Gasteiger partial charge in [-0.05, 0) is 18.9 Å². The fraction of sp³-hybridized carbons (Fsp3) is 0.800. The van der Waals surface area contributed by atoms with Crippen molar-refractivity contribution in [2.24, 2.45) is 5.11 Å². The molecule has 0 fully saturated rings. The minimum atomic E-state index is -1.28. The summed E-state index contributed by atoms with van der Waals surface area (Å²) in [7, 11) is 0. The molecule has 1 unspecified atom stereocenters. The Hall–Kier alpha value is -1.22. The molecule has 0 bridgehead atoms. The van der Waals surface area contributed by atoms with Crippen molar-refractivity contribution in [2.75, 3.05) is 0 Å². The van der Waals surface area contributed by atoms with Crippen molar-refractivity contribution >= 4 is 5.97 Å². The molecule has 0 aromatic carbocycles. The molecule has 1 N–H and O–H groups in total. The maximum atomic E-state index is 10.4. The van der Waals surface area contributed by atoms with Crippen LogP contribution in [0.25, 0.3) is 10.4 Å². The van der Waals surface area contributed by atoms with E-state index in [0.717, 1.165) is 0 Å². The number of carboxylic acid groups (broad SMARTS) is 1. The summed E-state index contributed by atoms with van der Waals surface area (Å²) in [6.07, 6.45) is 0.298. The zero-order valence-electron chi connectivity index (χ0n) is 5.90. The third-order valence-electron chi connectivity index (χ3n) is 1.41. The van der Waals surface area contributed by atoms with Crippen LogP contribution in [0.3, 0.4) is 0 Å². The monoisotopic (exact) mass is 143 g/mol. The van der Waals surface area contributed by atoms with Gasteiger partial charge in [0.1, 0.15) is 5.54 Å². The molecule has 5 nitrogen and oxygen atoms in total. The normalized spacial score (nSPS) is 15.0. The molecule has 0 aliphatic carbocycles. The van der Waals surface area contributed by atoms with Crippen molar-refractivity contribution in [2.45, 2.75) is 25.8 Å². The van der Waals surface area contributed by atoms with E-state index in [9.17, 15) is 4.79 Å². The van der Waals surface area contributed by atoms with Gasteiger partial charge in [0.25, 0.3) is 0 Å². The van der Waals surface area contributed by atoms with Crippen molar-refractivity contribution in [1.82, 2.24) is 0 Å². The van der Waals surface area contributed by atoms with E-state index < -0.39 is 11.5 Å². The number of carboxylic acids is 1. The highest BCUT2D eigenvalue weighted by molar-refractivity contribution is 5.78. The Morgan fingerprint density at radius 2 is 2.40 bits per heavy atom. The van der Waals surface area contributed by atoms with E-state index >= 15 is 0 Å². The molecule has 5 heteroatoms. The third kappa shape index (κ3) is 1.63. The summed E-state index contributed by atoms with van der Waals surface area (Å²) in [5.74, 6) is -1.09. The van der Waals surface area contributed by atoms with Crippen LogP contribution in [0.2, 0.25) is 0 Å². The lowest BCUT2D eigenvalue weighted by atomic mass is 10.0. The summed E-state index contributed by atoms with van der Waals surface area (Å²) in [5, 5.41) is 11.7. The minimum absolute atomic E-state index is 0.298. The van der Waals surface area contributed by atoms with Crippen LogP contribution in [0.1, 0.15) is 20.3 Å². The predicted octanol–water partition coefficient (Wildman–Crippen LogP) is 1.55. The molecular weight excluding hydrogens is 134 g/mol. The summed E-state index contributed by atoms with van der Waals surface area (Å²) < 4.78 is 0. The Labute approximate surface area is 58.3 Å². The van der Waals surface area contributed by atoms with Gasteiger partial charge in [0.05, 0.1) is 0 Å². The Morgan fingerprint density at radius 1 is 1.90 bits per heavy atom. The molecule has 0 saturated heterocycles. The molecule has 56 valence electrons. The average molecular weight is 143 g/mol. The van der Waals surface area contributed by atoms with E-state index in [0.29, 0.717) is 6.42 Å². The van der Waals surface area contributed by atoms with E-state index in [1.54, 1.807) is 6.92 Å². The minimum Gasteiger partial charge on any atom is -0.481 e. The fourth-order valence-electron chi connectivity index (χ4n) is 0.363. The summed E-state index contributed by atoms with van der Waals surface area (Å²) in [6.45, 7) is 3.04. The van der Waals surface area contributed by atoms with Crippen LogP contribution in [0.15, 0.2) is 5.11 Å². The molecule has 0 aromatic rings. The number of hydrogen-bond acceptors (Lipinski definition) is 2. The SMILES string of the molecule is CCC(C)(N=[N+]=[N-])C(=O)O. The van der Waals surface area contributed by atoms with E-state index in [1.165, 1.54) is 6.92 Å². The summed E-state index contributed by atoms with van der Waals surface area (Å²) in [5.41, 5.74) is 6.69. The second-order valence-corrected chi connectivity index (χ2v) is 2.12. The van der Waals surface area contributed by atoms with Gasteiger partial charge in [-0.1, -0.05) is 12.0 Å². The molecule has 0 spiro atoms. The smallest absolute Gasteiger partial charge is 0.315 e. The summed E-state index contributed by atoms with van der Waals surface area (Å²) in [4.78, 5) is 12.8. The molecule has 0 aliphatic heterocycles. The first-order chi connectivity index (χ1) is 4.56. The molecule has 10 heavy (non-hydrogen) atoms. The Kier molecular flexibility index (Phi) is 2.70. The van der Waals surface area contributed by atoms with Crippen molar-refractivity contribution < 1.29 is 9.90 Å². The zero-order valence-corrected chi connectivity index (χ0v) is 5.90. The van der Waals surface area contributed by atoms with Gasteiger partial charge in [0.2, 0.25) is 0 Å². The van der Waals surface area contributed by atoms with Crippen molar-refractivity contribution in [1.29, 1.82) is 0 Å². The molecule has 0 radical (unpaired) electrons. The van der Waals surface area contributed by atoms with Crippen LogP contribution in [-0.2, 0) is 4.79 Å². The van der Waals surface area contributed by atoms with Crippen LogP contribution in [-0.4, -0.2) is 16.6 Å². The van der Waals surface area contributed by atoms with Crippen LogP contribution >= 0.6 is 0 Å². The van der Waals surface area contributed by atoms with Crippen LogP contribution in [0.4, 0.5) is 0 Å². The van der Waals surface area contributed by atoms with Crippen LogP contribution in [0, 0.1) is 0 Å². The van der Waals surface area contributed by atoms with Crippen molar-refractivity contribution in [3.8, 4) is 0 Å². The molecular formula is C5H9N3O2. The zero-order chi connectivity index (χ0) is 8.20. The summed E-state index contributed by atoms with van der Waals surface area (Å²) >= 11 is 0. The predicted molar refractivity (Wildman–Crippen MR) is 35.5 cm³/mol. The molecule has 0 heterocycles. The number of hydrogen-bond donors (Lipinski definition) is 1. The molecule has 0 aromatic heterocycles. The summed E-state index contributed by atoms with van der Waals surface area (Å²) in [6, 6.07) is 0. The number of nitrogens with zero attached hydrogens (tertiary/aromatic N) is 3. The Morgan fingerprint density at radius 3 is 2.50 bits per heavy atom. The van der Waals surface area contributed by atoms with Gasteiger partial charge in [-0.25, -0.2) is 0 Å². The van der Waals surface area contributed by atoms with Gasteiger partial charge in [0.15, 0.2) is 0 Å². The van der Waals surface area contributed by atoms with Crippen molar-refractivity contribution in [3.05, 3.63) is 10.4 Å². The second-order valence-electron chi connectivity index (χ2n) is 2.12. The number of azide groups is 1. The second kappa shape index (κ2) is 3.08. The van der Waals surface area contributed by atoms with Gasteiger partial charge < -0.3 is 5.11 Å². The quantitative estimate of drug-likeness (QED) is 0.369. The molecule has 0 rings (SSSR count). The van der Waals surface area contributed by atoms with Crippen LogP contribution in [0.5, 0.6) is 0 Å². The first-order valence-corrected chi connectivity index (χ1v) is 2.86. The molecule has 1 atom stereocenters. The Bertz CT molecular complexity index is 181. The topological polar surface area (TPSA) is 86.1 Å². The third-order valence-corrected chi connectivity index (χ3v) is 1.41. The number of carbonyl (C=O) groups is 1. The van der Waals surface area contributed by atoms with E-state index in [-0.39, 0.29) is 0 Å². The lowest BCUT2D eigenvalue weighted by Gasteiger charge is -2.14. The molecule has 0 aliphatic rings. The maximum Gasteiger partial charge on any atom is 0.315 e. The standard InChI is InChI=1S/C5H9N3O2/c1-3-5(2,4(9)10)7-8-6/h3H2,1-2H3,(H,9,10). The van der Waals surface area contributed by atoms with Gasteiger partial charge in [0, 0.05) is 4.91 Å². The lowest BCUT2D eigenvalue weighted by molar-refractivity contribution is -0.142. The first kappa shape index (κ1) is 8.78. The highest BCUT2D eigenvalue weighted by Gasteiger charge is 2.29. The van der Waals surface area contributed by atoms with Gasteiger partial charge in [-0.3, -0.25) is 4.79 Å². The van der Waals surface area contributed by atoms with Gasteiger partial charge >= 0.3 is 5.97 Å². The highest BCUT2D eigenvalue weighted by atomic mass is 16.4. The highest BCUT2D eigenvalue weighted by Crippen LogP contribution is 2.14. The fourth-order valence-corrected chi connectivity index (χ4v) is 0.363. The van der Waals surface area contributed by atoms with Crippen LogP contribution < -0.4 is 0 Å². The number of rotatable bonds is 3.